The minimum atomic E-state index is -0.425. The van der Waals surface area contributed by atoms with Crippen molar-refractivity contribution in [3.63, 3.8) is 0 Å². The number of hydrogen-bond donors (Lipinski definition) is 2. The number of aromatic nitrogens is 3. The van der Waals surface area contributed by atoms with Crippen LogP contribution in [-0.2, 0) is 11.8 Å². The number of carbonyl (C=O) groups is 2. The molecule has 0 atom stereocenters. The van der Waals surface area contributed by atoms with Crippen molar-refractivity contribution in [1.82, 2.24) is 19.7 Å². The fourth-order valence-electron chi connectivity index (χ4n) is 4.33. The zero-order valence-electron chi connectivity index (χ0n) is 19.5. The van der Waals surface area contributed by atoms with Crippen molar-refractivity contribution in [3.05, 3.63) is 52.6 Å². The van der Waals surface area contributed by atoms with Gasteiger partial charge < -0.3 is 24.7 Å². The molecule has 2 N–H and O–H groups in total. The van der Waals surface area contributed by atoms with Gasteiger partial charge in [-0.15, -0.1) is 0 Å². The molecule has 0 unspecified atom stereocenters. The number of pyridine rings is 1. The summed E-state index contributed by atoms with van der Waals surface area (Å²) in [5.41, 5.74) is 0.967. The van der Waals surface area contributed by atoms with Crippen LogP contribution in [-0.4, -0.2) is 47.1 Å². The van der Waals surface area contributed by atoms with Crippen molar-refractivity contribution in [2.75, 3.05) is 26.1 Å². The standard InChI is InChI=1S/C24H29N5O5.H2/c1-25-24(32)34-14-15-6-8-17(9-7-15)29-13-16-11-18(21(33-3)12-20(16)27-29)22(30)26-19-5-4-10-28(2)23(19)31;/h4-5,10-13,15,17H,6-9,14H2,1-3H3,(H,25,32)(H,26,30);1H. The molecule has 182 valence electrons. The topological polar surface area (TPSA) is 116 Å². The highest BCUT2D eigenvalue weighted by molar-refractivity contribution is 6.08. The molecule has 10 nitrogen and oxygen atoms in total. The molecule has 0 bridgehead atoms. The molecule has 2 aromatic heterocycles. The number of benzene rings is 1. The van der Waals surface area contributed by atoms with Gasteiger partial charge in [0.15, 0.2) is 0 Å². The summed E-state index contributed by atoms with van der Waals surface area (Å²) < 4.78 is 14.0. The van der Waals surface area contributed by atoms with Gasteiger partial charge in [-0.25, -0.2) is 4.79 Å². The molecule has 0 spiro atoms. The van der Waals surface area contributed by atoms with E-state index in [1.165, 1.54) is 11.7 Å². The van der Waals surface area contributed by atoms with Gasteiger partial charge in [0, 0.05) is 39.4 Å². The first-order chi connectivity index (χ1) is 16.4. The molecule has 1 saturated carbocycles. The van der Waals surface area contributed by atoms with Gasteiger partial charge in [0.05, 0.1) is 30.8 Å². The number of nitrogens with one attached hydrogen (secondary N) is 2. The Hall–Kier alpha value is -3.82. The number of nitrogens with zero attached hydrogens (tertiary/aromatic N) is 3. The summed E-state index contributed by atoms with van der Waals surface area (Å²) in [5, 5.41) is 10.7. The van der Waals surface area contributed by atoms with Gasteiger partial charge >= 0.3 is 6.09 Å². The van der Waals surface area contributed by atoms with E-state index >= 15 is 0 Å². The van der Waals surface area contributed by atoms with Crippen LogP contribution >= 0.6 is 0 Å². The Balaban J connectivity index is 0.00000342. The van der Waals surface area contributed by atoms with E-state index in [2.05, 4.69) is 10.6 Å². The Morgan fingerprint density at radius 1 is 1.24 bits per heavy atom. The molecular formula is C24H31N5O5. The van der Waals surface area contributed by atoms with E-state index in [-0.39, 0.29) is 18.7 Å². The molecule has 34 heavy (non-hydrogen) atoms. The van der Waals surface area contributed by atoms with Crippen LogP contribution in [0.15, 0.2) is 41.5 Å². The highest BCUT2D eigenvalue weighted by Crippen LogP contribution is 2.34. The second-order valence-electron chi connectivity index (χ2n) is 8.54. The van der Waals surface area contributed by atoms with E-state index in [0.29, 0.717) is 23.8 Å². The van der Waals surface area contributed by atoms with Gasteiger partial charge in [0.2, 0.25) is 0 Å². The second-order valence-corrected chi connectivity index (χ2v) is 8.54. The molecule has 1 aliphatic carbocycles. The summed E-state index contributed by atoms with van der Waals surface area (Å²) in [4.78, 5) is 36.5. The molecule has 1 aromatic carbocycles. The highest BCUT2D eigenvalue weighted by Gasteiger charge is 2.25. The van der Waals surface area contributed by atoms with E-state index in [1.54, 1.807) is 44.6 Å². The average molecular weight is 470 g/mol. The Bertz CT molecular complexity index is 1260. The molecule has 2 heterocycles. The number of amides is 2. The summed E-state index contributed by atoms with van der Waals surface area (Å²) in [6.07, 6.45) is 6.92. The molecule has 2 amide bonds. The first-order valence-corrected chi connectivity index (χ1v) is 11.3. The van der Waals surface area contributed by atoms with Gasteiger partial charge in [0.25, 0.3) is 11.5 Å². The highest BCUT2D eigenvalue weighted by atomic mass is 16.5. The Morgan fingerprint density at radius 3 is 2.71 bits per heavy atom. The van der Waals surface area contributed by atoms with Gasteiger partial charge in [-0.1, -0.05) is 0 Å². The first kappa shape index (κ1) is 23.3. The third-order valence-corrected chi connectivity index (χ3v) is 6.30. The zero-order chi connectivity index (χ0) is 24.2. The molecule has 10 heteroatoms. The smallest absolute Gasteiger partial charge is 0.406 e. The van der Waals surface area contributed by atoms with Crippen LogP contribution in [0.1, 0.15) is 43.5 Å². The third kappa shape index (κ3) is 4.90. The van der Waals surface area contributed by atoms with Crippen LogP contribution in [0.4, 0.5) is 10.5 Å². The maximum Gasteiger partial charge on any atom is 0.406 e. The number of anilines is 1. The Labute approximate surface area is 198 Å². The van der Waals surface area contributed by atoms with E-state index in [0.717, 1.165) is 36.6 Å². The van der Waals surface area contributed by atoms with Crippen molar-refractivity contribution in [3.8, 4) is 5.75 Å². The average Bonchev–Trinajstić information content (AvgIpc) is 3.27. The number of fused-ring (bicyclic) bond motifs is 1. The zero-order valence-corrected chi connectivity index (χ0v) is 19.5. The summed E-state index contributed by atoms with van der Waals surface area (Å²) in [6.45, 7) is 0.424. The summed E-state index contributed by atoms with van der Waals surface area (Å²) >= 11 is 0. The molecule has 0 radical (unpaired) electrons. The molecule has 1 fully saturated rings. The van der Waals surface area contributed by atoms with Gasteiger partial charge in [0.1, 0.15) is 11.4 Å². The molecule has 0 saturated heterocycles. The summed E-state index contributed by atoms with van der Waals surface area (Å²) in [5.74, 6) is 0.309. The Morgan fingerprint density at radius 2 is 2.00 bits per heavy atom. The quantitative estimate of drug-likeness (QED) is 0.572. The third-order valence-electron chi connectivity index (χ3n) is 6.30. The van der Waals surface area contributed by atoms with Gasteiger partial charge in [-0.2, -0.15) is 5.10 Å². The van der Waals surface area contributed by atoms with Crippen LogP contribution in [0.25, 0.3) is 10.9 Å². The molecular weight excluding hydrogens is 438 g/mol. The number of methoxy groups -OCH3 is 1. The fourth-order valence-corrected chi connectivity index (χ4v) is 4.33. The number of hydrogen-bond acceptors (Lipinski definition) is 6. The van der Waals surface area contributed by atoms with Crippen molar-refractivity contribution >= 4 is 28.6 Å². The van der Waals surface area contributed by atoms with E-state index < -0.39 is 12.0 Å². The monoisotopic (exact) mass is 469 g/mol. The number of carbonyl (C=O) groups excluding carboxylic acids is 2. The number of aryl methyl sites for hydroxylation is 1. The lowest BCUT2D eigenvalue weighted by molar-refractivity contribution is 0.102. The maximum atomic E-state index is 13.0. The first-order valence-electron chi connectivity index (χ1n) is 11.3. The predicted molar refractivity (Wildman–Crippen MR) is 129 cm³/mol. The van der Waals surface area contributed by atoms with Crippen molar-refractivity contribution in [1.29, 1.82) is 0 Å². The van der Waals surface area contributed by atoms with Crippen molar-refractivity contribution in [2.45, 2.75) is 31.7 Å². The maximum absolute atomic E-state index is 13.0. The SMILES string of the molecule is CNC(=O)OCC1CCC(n2cc3cc(C(=O)Nc4cccn(C)c4=O)c(OC)cc3n2)CC1.[HH]. The number of rotatable bonds is 6. The minimum absolute atomic E-state index is 0. The van der Waals surface area contributed by atoms with Crippen molar-refractivity contribution in [2.24, 2.45) is 13.0 Å². The molecule has 3 aromatic rings. The summed E-state index contributed by atoms with van der Waals surface area (Å²) in [7, 11) is 4.68. The second kappa shape index (κ2) is 9.98. The van der Waals surface area contributed by atoms with Crippen molar-refractivity contribution < 1.29 is 20.5 Å². The van der Waals surface area contributed by atoms with Crippen LogP contribution in [0.5, 0.6) is 5.75 Å². The lowest BCUT2D eigenvalue weighted by Gasteiger charge is -2.28. The van der Waals surface area contributed by atoms with E-state index in [1.807, 2.05) is 10.9 Å². The van der Waals surface area contributed by atoms with E-state index in [9.17, 15) is 14.4 Å². The predicted octanol–water partition coefficient (Wildman–Crippen LogP) is 3.33. The number of alkyl carbamates (subject to hydrolysis) is 1. The molecule has 0 aliphatic heterocycles. The molecule has 1 aliphatic rings. The minimum Gasteiger partial charge on any atom is -0.496 e. The van der Waals surface area contributed by atoms with Crippen LogP contribution < -0.4 is 20.9 Å². The van der Waals surface area contributed by atoms with Crippen LogP contribution in [0.2, 0.25) is 0 Å². The number of ether oxygens (including phenoxy) is 2. The lowest BCUT2D eigenvalue weighted by atomic mass is 9.86. The van der Waals surface area contributed by atoms with Crippen LogP contribution in [0.3, 0.4) is 0 Å². The van der Waals surface area contributed by atoms with Gasteiger partial charge in [-0.3, -0.25) is 14.3 Å². The largest absolute Gasteiger partial charge is 0.496 e. The normalized spacial score (nSPS) is 17.9. The summed E-state index contributed by atoms with van der Waals surface area (Å²) in [6, 6.07) is 6.98. The lowest BCUT2D eigenvalue weighted by Crippen LogP contribution is -2.26. The van der Waals surface area contributed by atoms with Crippen LogP contribution in [0, 0.1) is 5.92 Å². The van der Waals surface area contributed by atoms with Gasteiger partial charge in [-0.05, 0) is 49.8 Å². The molecule has 4 rings (SSSR count). The van der Waals surface area contributed by atoms with E-state index in [4.69, 9.17) is 14.6 Å². The fraction of sp³-hybridized carbons (Fsp3) is 0.417. The Kier molecular flexibility index (Phi) is 6.85.